The van der Waals surface area contributed by atoms with Gasteiger partial charge in [0.05, 0.1) is 13.7 Å². The predicted octanol–water partition coefficient (Wildman–Crippen LogP) is 2.31. The third-order valence-corrected chi connectivity index (χ3v) is 3.74. The Hall–Kier alpha value is -2.74. The van der Waals surface area contributed by atoms with Gasteiger partial charge in [-0.25, -0.2) is 9.78 Å². The van der Waals surface area contributed by atoms with Crippen LogP contribution in [0.25, 0.3) is 0 Å². The number of esters is 1. The average Bonchev–Trinajstić information content (AvgIpc) is 2.61. The predicted molar refractivity (Wildman–Crippen MR) is 95.4 cm³/mol. The lowest BCUT2D eigenvalue weighted by Gasteiger charge is -2.09. The molecule has 2 N–H and O–H groups in total. The number of carbonyl (C=O) groups is 3. The molecule has 0 fully saturated rings. The first kappa shape index (κ1) is 18.6. The number of pyridine rings is 1. The molecule has 0 saturated carbocycles. The number of rotatable bonds is 5. The summed E-state index contributed by atoms with van der Waals surface area (Å²) in [5, 5.41) is 5.17. The first-order chi connectivity index (χ1) is 11.9. The topological polar surface area (TPSA) is 97.4 Å². The van der Waals surface area contributed by atoms with E-state index in [1.807, 2.05) is 19.1 Å². The molecule has 1 aromatic heterocycles. The van der Waals surface area contributed by atoms with Crippen molar-refractivity contribution in [3.05, 3.63) is 57.8 Å². The molecule has 130 valence electrons. The quantitative estimate of drug-likeness (QED) is 0.743. The van der Waals surface area contributed by atoms with Gasteiger partial charge in [-0.3, -0.25) is 9.59 Å². The molecule has 0 aliphatic heterocycles. The smallest absolute Gasteiger partial charge is 0.356 e. The molecule has 0 atom stereocenters. The molecule has 0 aliphatic carbocycles. The van der Waals surface area contributed by atoms with Crippen molar-refractivity contribution in [3.63, 3.8) is 0 Å². The number of ether oxygens (including phenoxy) is 1. The van der Waals surface area contributed by atoms with Gasteiger partial charge in [0, 0.05) is 10.2 Å². The maximum absolute atomic E-state index is 12.1. The van der Waals surface area contributed by atoms with E-state index in [4.69, 9.17) is 0 Å². The van der Waals surface area contributed by atoms with Crippen molar-refractivity contribution in [2.24, 2.45) is 0 Å². The summed E-state index contributed by atoms with van der Waals surface area (Å²) in [5.41, 5.74) is 1.59. The molecule has 2 amide bonds. The van der Waals surface area contributed by atoms with Crippen molar-refractivity contribution in [1.82, 2.24) is 10.3 Å². The molecule has 0 aliphatic rings. The molecule has 1 heterocycles. The highest BCUT2D eigenvalue weighted by Gasteiger charge is 2.13. The highest BCUT2D eigenvalue weighted by molar-refractivity contribution is 9.10. The van der Waals surface area contributed by atoms with Gasteiger partial charge in [0.1, 0.15) is 11.4 Å². The first-order valence-electron chi connectivity index (χ1n) is 7.30. The number of benzene rings is 1. The molecular weight excluding hydrogens is 390 g/mol. The van der Waals surface area contributed by atoms with Crippen molar-refractivity contribution in [2.45, 2.75) is 6.92 Å². The molecule has 8 heteroatoms. The van der Waals surface area contributed by atoms with Crippen LogP contribution in [0.2, 0.25) is 0 Å². The van der Waals surface area contributed by atoms with Gasteiger partial charge in [0.25, 0.3) is 5.91 Å². The van der Waals surface area contributed by atoms with Crippen molar-refractivity contribution < 1.29 is 19.1 Å². The summed E-state index contributed by atoms with van der Waals surface area (Å²) in [5.74, 6) is -1.57. The Morgan fingerprint density at radius 3 is 2.56 bits per heavy atom. The van der Waals surface area contributed by atoms with Crippen LogP contribution in [-0.4, -0.2) is 36.4 Å². The summed E-state index contributed by atoms with van der Waals surface area (Å²) in [6, 6.07) is 9.84. The van der Waals surface area contributed by atoms with Gasteiger partial charge in [0.15, 0.2) is 0 Å². The Morgan fingerprint density at radius 1 is 1.16 bits per heavy atom. The summed E-state index contributed by atoms with van der Waals surface area (Å²) in [7, 11) is 1.23. The number of nitrogens with one attached hydrogen (secondary N) is 2. The number of amides is 2. The number of carbonyl (C=O) groups excluding carboxylic acids is 3. The first-order valence-corrected chi connectivity index (χ1v) is 8.09. The van der Waals surface area contributed by atoms with E-state index < -0.39 is 11.9 Å². The minimum atomic E-state index is -0.641. The Morgan fingerprint density at radius 2 is 1.88 bits per heavy atom. The Balaban J connectivity index is 1.95. The van der Waals surface area contributed by atoms with Gasteiger partial charge in [-0.2, -0.15) is 0 Å². The summed E-state index contributed by atoms with van der Waals surface area (Å²) >= 11 is 3.35. The monoisotopic (exact) mass is 405 g/mol. The summed E-state index contributed by atoms with van der Waals surface area (Å²) in [6.07, 6.45) is 0. The van der Waals surface area contributed by atoms with Gasteiger partial charge >= 0.3 is 5.97 Å². The van der Waals surface area contributed by atoms with Crippen molar-refractivity contribution in [3.8, 4) is 0 Å². The van der Waals surface area contributed by atoms with E-state index in [1.54, 1.807) is 6.07 Å². The van der Waals surface area contributed by atoms with Crippen LogP contribution < -0.4 is 10.6 Å². The van der Waals surface area contributed by atoms with Crippen LogP contribution in [0.4, 0.5) is 5.69 Å². The molecule has 25 heavy (non-hydrogen) atoms. The van der Waals surface area contributed by atoms with Gasteiger partial charge in [0.2, 0.25) is 5.91 Å². The number of hydrogen-bond acceptors (Lipinski definition) is 5. The molecular formula is C17H16BrN3O4. The zero-order valence-corrected chi connectivity index (χ0v) is 15.2. The van der Waals surface area contributed by atoms with Crippen LogP contribution in [0, 0.1) is 6.92 Å². The number of anilines is 1. The number of aromatic nitrogens is 1. The molecule has 0 spiro atoms. The Labute approximate surface area is 152 Å². The molecule has 2 rings (SSSR count). The van der Waals surface area contributed by atoms with Crippen LogP contribution in [0.3, 0.4) is 0 Å². The summed E-state index contributed by atoms with van der Waals surface area (Å²) in [4.78, 5) is 39.4. The van der Waals surface area contributed by atoms with Crippen molar-refractivity contribution in [1.29, 1.82) is 0 Å². The van der Waals surface area contributed by atoms with Gasteiger partial charge in [-0.05, 0) is 42.8 Å². The van der Waals surface area contributed by atoms with Crippen LogP contribution >= 0.6 is 15.9 Å². The second kappa shape index (κ2) is 8.39. The fourth-order valence-corrected chi connectivity index (χ4v) is 2.47. The molecule has 0 bridgehead atoms. The SMILES string of the molecule is COC(=O)c1cccc(C(=O)NCC(=O)Nc2ccc(Br)cc2C)n1. The van der Waals surface area contributed by atoms with Gasteiger partial charge < -0.3 is 15.4 Å². The normalized spacial score (nSPS) is 10.0. The lowest BCUT2D eigenvalue weighted by Crippen LogP contribution is -2.33. The molecule has 0 unspecified atom stereocenters. The van der Waals surface area contributed by atoms with Crippen molar-refractivity contribution >= 4 is 39.4 Å². The lowest BCUT2D eigenvalue weighted by molar-refractivity contribution is -0.115. The van der Waals surface area contributed by atoms with Gasteiger partial charge in [-0.1, -0.05) is 22.0 Å². The minimum absolute atomic E-state index is 0.0186. The molecule has 1 aromatic carbocycles. The van der Waals surface area contributed by atoms with E-state index in [0.29, 0.717) is 5.69 Å². The zero-order valence-electron chi connectivity index (χ0n) is 13.6. The van der Waals surface area contributed by atoms with E-state index in [1.165, 1.54) is 25.3 Å². The average molecular weight is 406 g/mol. The highest BCUT2D eigenvalue weighted by Crippen LogP contribution is 2.19. The molecule has 0 saturated heterocycles. The van der Waals surface area contributed by atoms with Crippen molar-refractivity contribution in [2.75, 3.05) is 19.0 Å². The summed E-state index contributed by atoms with van der Waals surface area (Å²) < 4.78 is 5.46. The van der Waals surface area contributed by atoms with E-state index in [-0.39, 0.29) is 23.8 Å². The maximum atomic E-state index is 12.1. The van der Waals surface area contributed by atoms with Crippen LogP contribution in [0.15, 0.2) is 40.9 Å². The number of halogens is 1. The minimum Gasteiger partial charge on any atom is -0.464 e. The highest BCUT2D eigenvalue weighted by atomic mass is 79.9. The van der Waals surface area contributed by atoms with Gasteiger partial charge in [-0.15, -0.1) is 0 Å². The standard InChI is InChI=1S/C17H16BrN3O4/c1-10-8-11(18)6-7-12(10)21-15(22)9-19-16(23)13-4-3-5-14(20-13)17(24)25-2/h3-8H,9H2,1-2H3,(H,19,23)(H,21,22). The van der Waals surface area contributed by atoms with Crippen LogP contribution in [0.5, 0.6) is 0 Å². The Bertz CT molecular complexity index is 823. The lowest BCUT2D eigenvalue weighted by atomic mass is 10.2. The third-order valence-electron chi connectivity index (χ3n) is 3.25. The number of nitrogens with zero attached hydrogens (tertiary/aromatic N) is 1. The van der Waals surface area contributed by atoms with Crippen LogP contribution in [-0.2, 0) is 9.53 Å². The van der Waals surface area contributed by atoms with E-state index in [9.17, 15) is 14.4 Å². The van der Waals surface area contributed by atoms with E-state index >= 15 is 0 Å². The second-order valence-corrected chi connectivity index (χ2v) is 6.01. The van der Waals surface area contributed by atoms with E-state index in [2.05, 4.69) is 36.3 Å². The number of methoxy groups -OCH3 is 1. The number of hydrogen-bond donors (Lipinski definition) is 2. The van der Waals surface area contributed by atoms with Crippen LogP contribution in [0.1, 0.15) is 26.5 Å². The third kappa shape index (κ3) is 5.12. The molecule has 7 nitrogen and oxygen atoms in total. The fraction of sp³-hybridized carbons (Fsp3) is 0.176. The zero-order chi connectivity index (χ0) is 18.4. The Kier molecular flexibility index (Phi) is 6.24. The van der Waals surface area contributed by atoms with E-state index in [0.717, 1.165) is 10.0 Å². The number of aryl methyl sites for hydroxylation is 1. The fourth-order valence-electron chi connectivity index (χ4n) is 1.99. The summed E-state index contributed by atoms with van der Waals surface area (Å²) in [6.45, 7) is 1.64. The second-order valence-electron chi connectivity index (χ2n) is 5.09. The maximum Gasteiger partial charge on any atom is 0.356 e. The largest absolute Gasteiger partial charge is 0.464 e. The molecule has 2 aromatic rings. The molecule has 0 radical (unpaired) electrons.